The molecule has 0 atom stereocenters. The van der Waals surface area contributed by atoms with Crippen molar-refractivity contribution in [3.63, 3.8) is 0 Å². The zero-order chi connectivity index (χ0) is 21.8. The van der Waals surface area contributed by atoms with Gasteiger partial charge in [0.25, 0.3) is 0 Å². The lowest BCUT2D eigenvalue weighted by molar-refractivity contribution is -0.121. The van der Waals surface area contributed by atoms with Gasteiger partial charge in [-0.25, -0.2) is 9.50 Å². The summed E-state index contributed by atoms with van der Waals surface area (Å²) in [7, 11) is 1.65. The minimum Gasteiger partial charge on any atom is -0.496 e. The summed E-state index contributed by atoms with van der Waals surface area (Å²) in [6.45, 7) is 4.42. The Bertz CT molecular complexity index is 1220. The van der Waals surface area contributed by atoms with E-state index in [0.29, 0.717) is 19.4 Å². The number of aryl methyl sites for hydroxylation is 2. The summed E-state index contributed by atoms with van der Waals surface area (Å²) < 4.78 is 7.32. The van der Waals surface area contributed by atoms with Crippen LogP contribution in [0.2, 0.25) is 0 Å². The van der Waals surface area contributed by atoms with Crippen LogP contribution in [0.25, 0.3) is 16.9 Å². The van der Waals surface area contributed by atoms with Gasteiger partial charge in [-0.3, -0.25) is 9.78 Å². The minimum atomic E-state index is -0.0141. The van der Waals surface area contributed by atoms with Crippen LogP contribution >= 0.6 is 0 Å². The van der Waals surface area contributed by atoms with Crippen molar-refractivity contribution in [3.8, 4) is 17.0 Å². The third-order valence-corrected chi connectivity index (χ3v) is 5.34. The average molecular weight is 415 g/mol. The first-order valence-electron chi connectivity index (χ1n) is 10.2. The second-order valence-electron chi connectivity index (χ2n) is 7.36. The second-order valence-corrected chi connectivity index (χ2v) is 7.36. The maximum absolute atomic E-state index is 12.3. The molecule has 0 bridgehead atoms. The quantitative estimate of drug-likeness (QED) is 0.498. The van der Waals surface area contributed by atoms with Crippen molar-refractivity contribution in [3.05, 3.63) is 77.4 Å². The Kier molecular flexibility index (Phi) is 5.93. The molecule has 31 heavy (non-hydrogen) atoms. The summed E-state index contributed by atoms with van der Waals surface area (Å²) in [5.41, 5.74) is 6.28. The number of rotatable bonds is 7. The maximum atomic E-state index is 12.3. The fourth-order valence-electron chi connectivity index (χ4n) is 3.70. The van der Waals surface area contributed by atoms with Gasteiger partial charge in [0.2, 0.25) is 5.91 Å². The highest BCUT2D eigenvalue weighted by molar-refractivity contribution is 5.76. The number of pyridine rings is 1. The molecule has 0 aliphatic heterocycles. The van der Waals surface area contributed by atoms with Crippen LogP contribution in [0.5, 0.6) is 5.75 Å². The number of benzene rings is 1. The fourth-order valence-corrected chi connectivity index (χ4v) is 3.70. The Labute approximate surface area is 181 Å². The molecule has 1 aromatic carbocycles. The van der Waals surface area contributed by atoms with Crippen LogP contribution in [0.3, 0.4) is 0 Å². The zero-order valence-electron chi connectivity index (χ0n) is 17.9. The van der Waals surface area contributed by atoms with Crippen molar-refractivity contribution in [1.82, 2.24) is 24.9 Å². The zero-order valence-corrected chi connectivity index (χ0v) is 17.9. The van der Waals surface area contributed by atoms with Crippen LogP contribution in [0, 0.1) is 13.8 Å². The number of amides is 1. The third kappa shape index (κ3) is 4.40. The third-order valence-electron chi connectivity index (χ3n) is 5.34. The molecule has 1 amide bonds. The van der Waals surface area contributed by atoms with Crippen LogP contribution in [0.1, 0.15) is 29.1 Å². The maximum Gasteiger partial charge on any atom is 0.220 e. The summed E-state index contributed by atoms with van der Waals surface area (Å²) >= 11 is 0. The SMILES string of the molecule is COc1ccccc1-c1cc2nc(C)c(CCC(=O)NCc3ccccn3)c(C)n2n1. The first-order chi connectivity index (χ1) is 15.1. The van der Waals surface area contributed by atoms with Crippen LogP contribution in [-0.2, 0) is 17.8 Å². The van der Waals surface area contributed by atoms with E-state index in [1.165, 1.54) is 0 Å². The number of nitrogens with one attached hydrogen (secondary N) is 1. The van der Waals surface area contributed by atoms with E-state index in [1.54, 1.807) is 13.3 Å². The Balaban J connectivity index is 1.52. The number of carbonyl (C=O) groups excluding carboxylic acids is 1. The molecule has 3 heterocycles. The molecule has 158 valence electrons. The van der Waals surface area contributed by atoms with Crippen molar-refractivity contribution >= 4 is 11.6 Å². The number of fused-ring (bicyclic) bond motifs is 1. The number of hydrogen-bond acceptors (Lipinski definition) is 5. The van der Waals surface area contributed by atoms with Gasteiger partial charge in [-0.05, 0) is 50.1 Å². The average Bonchev–Trinajstić information content (AvgIpc) is 3.22. The molecule has 4 rings (SSSR count). The van der Waals surface area contributed by atoms with Gasteiger partial charge in [0.1, 0.15) is 5.75 Å². The summed E-state index contributed by atoms with van der Waals surface area (Å²) in [5.74, 6) is 0.754. The van der Waals surface area contributed by atoms with Crippen LogP contribution in [0.4, 0.5) is 0 Å². The topological polar surface area (TPSA) is 81.4 Å². The van der Waals surface area contributed by atoms with Crippen LogP contribution in [0.15, 0.2) is 54.7 Å². The number of para-hydroxylation sites is 1. The van der Waals surface area contributed by atoms with Gasteiger partial charge in [-0.2, -0.15) is 5.10 Å². The van der Waals surface area contributed by atoms with Gasteiger partial charge in [0.05, 0.1) is 25.0 Å². The highest BCUT2D eigenvalue weighted by Gasteiger charge is 2.16. The number of hydrogen-bond donors (Lipinski definition) is 1. The summed E-state index contributed by atoms with van der Waals surface area (Å²) in [6, 6.07) is 15.4. The van der Waals surface area contributed by atoms with E-state index in [9.17, 15) is 4.79 Å². The molecule has 0 saturated carbocycles. The predicted molar refractivity (Wildman–Crippen MR) is 119 cm³/mol. The van der Waals surface area contributed by atoms with Gasteiger partial charge >= 0.3 is 0 Å². The largest absolute Gasteiger partial charge is 0.496 e. The Morgan fingerprint density at radius 1 is 1.13 bits per heavy atom. The standard InChI is InChI=1S/C24H25N5O2/c1-16-19(11-12-24(30)26-15-18-8-6-7-13-25-18)17(2)29-23(27-16)14-21(28-29)20-9-4-5-10-22(20)31-3/h4-10,13-14H,11-12,15H2,1-3H3,(H,26,30). The summed E-state index contributed by atoms with van der Waals surface area (Å²) in [6.07, 6.45) is 2.69. The molecule has 0 radical (unpaired) electrons. The molecule has 0 aliphatic carbocycles. The Hall–Kier alpha value is -3.74. The van der Waals surface area contributed by atoms with E-state index >= 15 is 0 Å². The van der Waals surface area contributed by atoms with Gasteiger partial charge in [0, 0.05) is 35.6 Å². The van der Waals surface area contributed by atoms with Crippen molar-refractivity contribution in [2.75, 3.05) is 7.11 Å². The van der Waals surface area contributed by atoms with Gasteiger partial charge in [0.15, 0.2) is 5.65 Å². The molecule has 3 aromatic heterocycles. The highest BCUT2D eigenvalue weighted by Crippen LogP contribution is 2.29. The molecule has 7 nitrogen and oxygen atoms in total. The molecule has 7 heteroatoms. The molecule has 0 unspecified atom stereocenters. The molecule has 0 fully saturated rings. The van der Waals surface area contributed by atoms with E-state index in [4.69, 9.17) is 14.8 Å². The van der Waals surface area contributed by atoms with Crippen molar-refractivity contribution in [2.45, 2.75) is 33.2 Å². The number of aromatic nitrogens is 4. The van der Waals surface area contributed by atoms with E-state index in [0.717, 1.165) is 45.3 Å². The molecule has 1 N–H and O–H groups in total. The lowest BCUT2D eigenvalue weighted by atomic mass is 10.1. The van der Waals surface area contributed by atoms with Gasteiger partial charge < -0.3 is 10.1 Å². The lowest BCUT2D eigenvalue weighted by Gasteiger charge is -2.11. The minimum absolute atomic E-state index is 0.0141. The van der Waals surface area contributed by atoms with Crippen LogP contribution in [-0.4, -0.2) is 32.6 Å². The summed E-state index contributed by atoms with van der Waals surface area (Å²) in [4.78, 5) is 21.3. The molecular weight excluding hydrogens is 390 g/mol. The van der Waals surface area contributed by atoms with Crippen molar-refractivity contribution in [2.24, 2.45) is 0 Å². The number of carbonyl (C=O) groups is 1. The fraction of sp³-hybridized carbons (Fsp3) is 0.250. The van der Waals surface area contributed by atoms with E-state index < -0.39 is 0 Å². The van der Waals surface area contributed by atoms with E-state index in [1.807, 2.05) is 66.9 Å². The lowest BCUT2D eigenvalue weighted by Crippen LogP contribution is -2.23. The molecule has 4 aromatic rings. The molecule has 0 aliphatic rings. The Morgan fingerprint density at radius 2 is 1.94 bits per heavy atom. The van der Waals surface area contributed by atoms with Crippen molar-refractivity contribution in [1.29, 1.82) is 0 Å². The van der Waals surface area contributed by atoms with Crippen molar-refractivity contribution < 1.29 is 9.53 Å². The summed E-state index contributed by atoms with van der Waals surface area (Å²) in [5, 5.41) is 7.69. The Morgan fingerprint density at radius 3 is 2.71 bits per heavy atom. The smallest absolute Gasteiger partial charge is 0.220 e. The first-order valence-corrected chi connectivity index (χ1v) is 10.2. The number of nitrogens with zero attached hydrogens (tertiary/aromatic N) is 4. The van der Waals surface area contributed by atoms with Crippen LogP contribution < -0.4 is 10.1 Å². The molecule has 0 spiro atoms. The monoisotopic (exact) mass is 415 g/mol. The molecular formula is C24H25N5O2. The predicted octanol–water partition coefficient (Wildman–Crippen LogP) is 3.67. The highest BCUT2D eigenvalue weighted by atomic mass is 16.5. The van der Waals surface area contributed by atoms with E-state index in [2.05, 4.69) is 10.3 Å². The number of methoxy groups -OCH3 is 1. The number of ether oxygens (including phenoxy) is 1. The van der Waals surface area contributed by atoms with E-state index in [-0.39, 0.29) is 5.91 Å². The molecule has 0 saturated heterocycles. The second kappa shape index (κ2) is 8.95. The first kappa shape index (κ1) is 20.5. The normalized spacial score (nSPS) is 10.9. The van der Waals surface area contributed by atoms with Gasteiger partial charge in [-0.15, -0.1) is 0 Å². The van der Waals surface area contributed by atoms with Gasteiger partial charge in [-0.1, -0.05) is 18.2 Å².